The maximum atomic E-state index is 13.5. The first-order chi connectivity index (χ1) is 26.0. The number of aromatic amines is 2. The van der Waals surface area contributed by atoms with Crippen LogP contribution in [0.25, 0.3) is 33.6 Å². The van der Waals surface area contributed by atoms with E-state index in [0.717, 1.165) is 71.0 Å². The topological polar surface area (TPSA) is 175 Å². The lowest BCUT2D eigenvalue weighted by Gasteiger charge is -2.30. The number of nitrogens with one attached hydrogen (secondary N) is 4. The first-order valence-electron chi connectivity index (χ1n) is 18.6. The zero-order chi connectivity index (χ0) is 38.5. The summed E-state index contributed by atoms with van der Waals surface area (Å²) in [7, 11) is 2.58. The number of hydrogen-bond acceptors (Lipinski definition) is 8. The largest absolute Gasteiger partial charge is 0.453 e. The molecule has 4 heterocycles. The molecule has 4 atom stereocenters. The standard InChI is InChI=1S/C40H50N8O6/c1-23(2)33(45-39(51)53-5)37(49)47-19-7-9-31(47)35-41-21-29(43-35)27-15-11-25(12-16-27)26-13-17-28(18-14-26)30-22-42-36(44-30)32-10-8-20-48(32)38(50)34(24(3)4)46-40(52)54-6/h11-18,21-24,31-34H,7-10,19-20H2,1-6H3,(H,41,43)(H,42,44)(H,45,51)(H,46,52)/t31-,32-,33-,34?/m1/s1. The van der Waals surface area contributed by atoms with E-state index in [1.165, 1.54) is 14.2 Å². The molecule has 0 spiro atoms. The third kappa shape index (κ3) is 8.12. The molecule has 4 N–H and O–H groups in total. The summed E-state index contributed by atoms with van der Waals surface area (Å²) in [5.41, 5.74) is 5.78. The molecule has 2 aromatic heterocycles. The van der Waals surface area contributed by atoms with Gasteiger partial charge in [-0.2, -0.15) is 0 Å². The fourth-order valence-electron chi connectivity index (χ4n) is 7.38. The van der Waals surface area contributed by atoms with Crippen LogP contribution >= 0.6 is 0 Å². The summed E-state index contributed by atoms with van der Waals surface area (Å²) in [5.74, 6) is 0.955. The zero-order valence-corrected chi connectivity index (χ0v) is 31.7. The van der Waals surface area contributed by atoms with E-state index in [-0.39, 0.29) is 35.7 Å². The molecule has 54 heavy (non-hydrogen) atoms. The van der Waals surface area contributed by atoms with Gasteiger partial charge in [-0.1, -0.05) is 76.2 Å². The van der Waals surface area contributed by atoms with Crippen LogP contribution in [-0.4, -0.2) is 93.1 Å². The van der Waals surface area contributed by atoms with Gasteiger partial charge in [0.25, 0.3) is 0 Å². The molecule has 286 valence electrons. The summed E-state index contributed by atoms with van der Waals surface area (Å²) in [6.07, 6.45) is 5.61. The third-order valence-electron chi connectivity index (χ3n) is 10.4. The number of methoxy groups -OCH3 is 2. The fourth-order valence-corrected chi connectivity index (χ4v) is 7.38. The number of hydrogen-bond donors (Lipinski definition) is 4. The normalized spacial score (nSPS) is 18.1. The van der Waals surface area contributed by atoms with Crippen LogP contribution < -0.4 is 10.6 Å². The number of likely N-dealkylation sites (tertiary alicyclic amines) is 2. The monoisotopic (exact) mass is 738 g/mol. The first-order valence-corrected chi connectivity index (χ1v) is 18.6. The lowest BCUT2D eigenvalue weighted by Crippen LogP contribution is -2.51. The van der Waals surface area contributed by atoms with E-state index in [2.05, 4.69) is 54.8 Å². The Balaban J connectivity index is 1.11. The van der Waals surface area contributed by atoms with Crippen molar-refractivity contribution in [2.24, 2.45) is 11.8 Å². The minimum absolute atomic E-state index is 0.104. The van der Waals surface area contributed by atoms with Crippen molar-refractivity contribution in [1.29, 1.82) is 0 Å². The highest BCUT2D eigenvalue weighted by atomic mass is 16.5. The Kier molecular flexibility index (Phi) is 11.7. The lowest BCUT2D eigenvalue weighted by molar-refractivity contribution is -0.136. The Morgan fingerprint density at radius 2 is 0.981 bits per heavy atom. The van der Waals surface area contributed by atoms with Gasteiger partial charge in [0.1, 0.15) is 23.7 Å². The molecule has 0 saturated carbocycles. The van der Waals surface area contributed by atoms with E-state index >= 15 is 0 Å². The Labute approximate surface area is 315 Å². The van der Waals surface area contributed by atoms with E-state index in [1.54, 1.807) is 22.2 Å². The molecule has 2 aromatic carbocycles. The second kappa shape index (κ2) is 16.6. The molecule has 4 amide bonds. The second-order valence-corrected chi connectivity index (χ2v) is 14.6. The number of carbonyl (C=O) groups is 4. The number of rotatable bonds is 11. The van der Waals surface area contributed by atoms with Crippen molar-refractivity contribution < 1.29 is 28.7 Å². The van der Waals surface area contributed by atoms with Gasteiger partial charge >= 0.3 is 12.2 Å². The minimum atomic E-state index is -0.687. The van der Waals surface area contributed by atoms with Crippen molar-refractivity contribution >= 4 is 24.0 Å². The van der Waals surface area contributed by atoms with Gasteiger partial charge in [-0.3, -0.25) is 9.59 Å². The summed E-state index contributed by atoms with van der Waals surface area (Å²) in [4.78, 5) is 70.7. The smallest absolute Gasteiger partial charge is 0.407 e. The van der Waals surface area contributed by atoms with E-state index in [0.29, 0.717) is 13.1 Å². The molecular weight excluding hydrogens is 688 g/mol. The fraction of sp³-hybridized carbons (Fsp3) is 0.450. The molecule has 1 unspecified atom stereocenters. The average Bonchev–Trinajstić information content (AvgIpc) is 4.02. The van der Waals surface area contributed by atoms with E-state index < -0.39 is 24.3 Å². The summed E-state index contributed by atoms with van der Waals surface area (Å²) in [6, 6.07) is 14.7. The number of nitrogens with zero attached hydrogens (tertiary/aromatic N) is 4. The van der Waals surface area contributed by atoms with Gasteiger partial charge in [0.15, 0.2) is 0 Å². The highest BCUT2D eigenvalue weighted by molar-refractivity contribution is 5.87. The molecule has 2 saturated heterocycles. The van der Waals surface area contributed by atoms with Crippen molar-refractivity contribution in [1.82, 2.24) is 40.4 Å². The van der Waals surface area contributed by atoms with Gasteiger partial charge < -0.3 is 39.9 Å². The van der Waals surface area contributed by atoms with Crippen molar-refractivity contribution in [3.8, 4) is 33.6 Å². The maximum Gasteiger partial charge on any atom is 0.407 e. The van der Waals surface area contributed by atoms with Crippen LogP contribution in [0, 0.1) is 11.8 Å². The number of carbonyl (C=O) groups excluding carboxylic acids is 4. The summed E-state index contributed by atoms with van der Waals surface area (Å²) in [6.45, 7) is 8.78. The SMILES string of the molecule is COC(=O)NC(C(=O)N1CCC[C@@H]1c1ncc(-c2ccc(-c3ccc(-c4cnc([C@H]5CCCN5C(=O)[C@H](NC(=O)OC)C(C)C)[nH]4)cc3)cc2)[nH]1)C(C)C. The quantitative estimate of drug-likeness (QED) is 0.140. The molecule has 14 nitrogen and oxygen atoms in total. The van der Waals surface area contributed by atoms with E-state index in [4.69, 9.17) is 9.47 Å². The summed E-state index contributed by atoms with van der Waals surface area (Å²) < 4.78 is 9.50. The molecule has 14 heteroatoms. The van der Waals surface area contributed by atoms with Crippen molar-refractivity contribution in [2.45, 2.75) is 77.5 Å². The minimum Gasteiger partial charge on any atom is -0.453 e. The zero-order valence-electron chi connectivity index (χ0n) is 31.7. The van der Waals surface area contributed by atoms with Gasteiger partial charge in [0.2, 0.25) is 11.8 Å². The average molecular weight is 739 g/mol. The maximum absolute atomic E-state index is 13.5. The number of amides is 4. The molecule has 0 bridgehead atoms. The predicted octanol–water partition coefficient (Wildman–Crippen LogP) is 6.22. The molecule has 2 aliphatic rings. The number of imidazole rings is 2. The summed E-state index contributed by atoms with van der Waals surface area (Å²) >= 11 is 0. The van der Waals surface area contributed by atoms with Crippen LogP contribution in [-0.2, 0) is 19.1 Å². The van der Waals surface area contributed by atoms with Crippen molar-refractivity contribution in [3.63, 3.8) is 0 Å². The van der Waals surface area contributed by atoms with E-state index in [9.17, 15) is 19.2 Å². The Morgan fingerprint density at radius 3 is 1.31 bits per heavy atom. The predicted molar refractivity (Wildman–Crippen MR) is 203 cm³/mol. The van der Waals surface area contributed by atoms with Crippen molar-refractivity contribution in [3.05, 3.63) is 72.6 Å². The van der Waals surface area contributed by atoms with E-state index in [1.807, 2.05) is 52.0 Å². The lowest BCUT2D eigenvalue weighted by atomic mass is 10.0. The highest BCUT2D eigenvalue weighted by Crippen LogP contribution is 2.35. The van der Waals surface area contributed by atoms with Crippen LogP contribution in [0.3, 0.4) is 0 Å². The molecule has 4 aromatic rings. The first kappa shape index (κ1) is 38.1. The van der Waals surface area contributed by atoms with Crippen LogP contribution in [0.4, 0.5) is 9.59 Å². The Bertz CT molecular complexity index is 1800. The molecule has 2 aliphatic heterocycles. The Hall–Kier alpha value is -5.66. The Morgan fingerprint density at radius 1 is 0.630 bits per heavy atom. The van der Waals surface area contributed by atoms with Crippen LogP contribution in [0.5, 0.6) is 0 Å². The highest BCUT2D eigenvalue weighted by Gasteiger charge is 2.39. The van der Waals surface area contributed by atoms with Crippen LogP contribution in [0.2, 0.25) is 0 Å². The molecule has 0 radical (unpaired) electrons. The third-order valence-corrected chi connectivity index (χ3v) is 10.4. The number of ether oxygens (including phenoxy) is 2. The number of alkyl carbamates (subject to hydrolysis) is 2. The molecule has 6 rings (SSSR count). The van der Waals surface area contributed by atoms with Crippen LogP contribution in [0.1, 0.15) is 77.1 Å². The van der Waals surface area contributed by atoms with Gasteiger partial charge in [-0.25, -0.2) is 19.6 Å². The molecule has 2 fully saturated rings. The van der Waals surface area contributed by atoms with Gasteiger partial charge in [0, 0.05) is 13.1 Å². The molecule has 0 aliphatic carbocycles. The summed E-state index contributed by atoms with van der Waals surface area (Å²) in [5, 5.41) is 5.38. The van der Waals surface area contributed by atoms with Crippen LogP contribution in [0.15, 0.2) is 60.9 Å². The van der Waals surface area contributed by atoms with Gasteiger partial charge in [0.05, 0.1) is 50.1 Å². The number of benzene rings is 2. The molecular formula is C40H50N8O6. The van der Waals surface area contributed by atoms with Crippen molar-refractivity contribution in [2.75, 3.05) is 27.3 Å². The van der Waals surface area contributed by atoms with Gasteiger partial charge in [-0.15, -0.1) is 0 Å². The number of aromatic nitrogens is 4. The number of H-pyrrole nitrogens is 2. The second-order valence-electron chi connectivity index (χ2n) is 14.6. The van der Waals surface area contributed by atoms with Gasteiger partial charge in [-0.05, 0) is 59.8 Å².